The van der Waals surface area contributed by atoms with Crippen LogP contribution in [0.5, 0.6) is 5.88 Å². The van der Waals surface area contributed by atoms with Crippen molar-refractivity contribution in [2.75, 3.05) is 26.7 Å². The topological polar surface area (TPSA) is 62.7 Å². The monoisotopic (exact) mass is 315 g/mol. The molecule has 6 heteroatoms. The molecule has 2 aliphatic heterocycles. The number of carbonyl (C=O) groups is 2. The molecule has 2 saturated heterocycles. The second-order valence-corrected chi connectivity index (χ2v) is 6.66. The van der Waals surface area contributed by atoms with Gasteiger partial charge in [0.2, 0.25) is 11.8 Å². The minimum atomic E-state index is -0.568. The number of likely N-dealkylation sites (tertiary alicyclic amines) is 2. The summed E-state index contributed by atoms with van der Waals surface area (Å²) in [6.07, 6.45) is 5.42. The molecular formula is C17H21N3O3. The summed E-state index contributed by atoms with van der Waals surface area (Å²) >= 11 is 0. The Hall–Kier alpha value is -2.11. The van der Waals surface area contributed by atoms with E-state index in [1.54, 1.807) is 24.1 Å². The molecule has 0 radical (unpaired) electrons. The number of methoxy groups -OCH3 is 1. The molecule has 0 aromatic carbocycles. The largest absolute Gasteiger partial charge is 0.481 e. The van der Waals surface area contributed by atoms with Crippen LogP contribution in [0.2, 0.25) is 0 Å². The van der Waals surface area contributed by atoms with Crippen LogP contribution >= 0.6 is 0 Å². The van der Waals surface area contributed by atoms with Gasteiger partial charge in [-0.05, 0) is 37.7 Å². The maximum absolute atomic E-state index is 13.0. The minimum absolute atomic E-state index is 0.0901. The Kier molecular flexibility index (Phi) is 3.28. The number of rotatable bonds is 3. The van der Waals surface area contributed by atoms with E-state index in [0.29, 0.717) is 23.9 Å². The molecule has 122 valence electrons. The molecular weight excluding hydrogens is 294 g/mol. The van der Waals surface area contributed by atoms with Crippen molar-refractivity contribution in [1.82, 2.24) is 14.8 Å². The highest BCUT2D eigenvalue weighted by molar-refractivity contribution is 6.01. The number of hydrogen-bond donors (Lipinski definition) is 0. The van der Waals surface area contributed by atoms with Crippen LogP contribution in [0.25, 0.3) is 0 Å². The molecule has 23 heavy (non-hydrogen) atoms. The SMILES string of the molecule is COc1ccc(C(=O)N2CCC3CC32C(=O)N2CCCC2)cn1. The summed E-state index contributed by atoms with van der Waals surface area (Å²) in [7, 11) is 1.54. The molecule has 6 nitrogen and oxygen atoms in total. The zero-order valence-electron chi connectivity index (χ0n) is 13.3. The number of pyridine rings is 1. The van der Waals surface area contributed by atoms with Crippen LogP contribution in [-0.4, -0.2) is 58.9 Å². The van der Waals surface area contributed by atoms with E-state index < -0.39 is 5.54 Å². The lowest BCUT2D eigenvalue weighted by Crippen LogP contribution is -2.51. The van der Waals surface area contributed by atoms with Crippen LogP contribution in [0.4, 0.5) is 0 Å². The first-order valence-corrected chi connectivity index (χ1v) is 8.28. The fourth-order valence-electron chi connectivity index (χ4n) is 4.11. The van der Waals surface area contributed by atoms with Crippen molar-refractivity contribution in [2.24, 2.45) is 5.92 Å². The van der Waals surface area contributed by atoms with Crippen LogP contribution < -0.4 is 4.74 Å². The van der Waals surface area contributed by atoms with E-state index in [-0.39, 0.29) is 11.8 Å². The summed E-state index contributed by atoms with van der Waals surface area (Å²) in [6.45, 7) is 2.33. The predicted molar refractivity (Wildman–Crippen MR) is 83.1 cm³/mol. The Labute approximate surface area is 135 Å². The first-order chi connectivity index (χ1) is 11.2. The van der Waals surface area contributed by atoms with Crippen molar-refractivity contribution in [3.05, 3.63) is 23.9 Å². The Balaban J connectivity index is 1.57. The van der Waals surface area contributed by atoms with Gasteiger partial charge in [0.1, 0.15) is 5.54 Å². The molecule has 2 amide bonds. The summed E-state index contributed by atoms with van der Waals surface area (Å²) in [5.74, 6) is 0.890. The molecule has 1 aromatic heterocycles. The Morgan fingerprint density at radius 3 is 2.65 bits per heavy atom. The quantitative estimate of drug-likeness (QED) is 0.844. The number of aromatic nitrogens is 1. The maximum atomic E-state index is 13.0. The standard InChI is InChI=1S/C17H21N3O3/c1-23-14-5-4-12(11-18-14)15(21)20-9-6-13-10-17(13,20)16(22)19-7-2-3-8-19/h4-5,11,13H,2-3,6-10H2,1H3. The lowest BCUT2D eigenvalue weighted by Gasteiger charge is -2.31. The molecule has 2 atom stereocenters. The smallest absolute Gasteiger partial charge is 0.256 e. The highest BCUT2D eigenvalue weighted by Gasteiger charge is 2.69. The molecule has 0 bridgehead atoms. The van der Waals surface area contributed by atoms with Crippen LogP contribution in [0.3, 0.4) is 0 Å². The molecule has 2 unspecified atom stereocenters. The minimum Gasteiger partial charge on any atom is -0.481 e. The Morgan fingerprint density at radius 1 is 1.26 bits per heavy atom. The highest BCUT2D eigenvalue weighted by atomic mass is 16.5. The molecule has 3 heterocycles. The van der Waals surface area contributed by atoms with Gasteiger partial charge in [-0.1, -0.05) is 0 Å². The molecule has 1 aliphatic carbocycles. The number of hydrogen-bond acceptors (Lipinski definition) is 4. The summed E-state index contributed by atoms with van der Waals surface area (Å²) < 4.78 is 5.03. The van der Waals surface area contributed by atoms with Crippen molar-refractivity contribution in [2.45, 2.75) is 31.2 Å². The number of fused-ring (bicyclic) bond motifs is 1. The zero-order valence-corrected chi connectivity index (χ0v) is 13.3. The van der Waals surface area contributed by atoms with Gasteiger partial charge in [0.15, 0.2) is 0 Å². The van der Waals surface area contributed by atoms with Gasteiger partial charge in [0.05, 0.1) is 12.7 Å². The fourth-order valence-corrected chi connectivity index (χ4v) is 4.11. The number of ether oxygens (including phenoxy) is 1. The average molecular weight is 315 g/mol. The zero-order chi connectivity index (χ0) is 16.0. The van der Waals surface area contributed by atoms with Crippen molar-refractivity contribution >= 4 is 11.8 Å². The second-order valence-electron chi connectivity index (χ2n) is 6.66. The van der Waals surface area contributed by atoms with Crippen LogP contribution in [-0.2, 0) is 4.79 Å². The predicted octanol–water partition coefficient (Wildman–Crippen LogP) is 1.32. The van der Waals surface area contributed by atoms with Crippen molar-refractivity contribution < 1.29 is 14.3 Å². The van der Waals surface area contributed by atoms with Crippen molar-refractivity contribution in [3.63, 3.8) is 0 Å². The van der Waals surface area contributed by atoms with E-state index in [0.717, 1.165) is 38.8 Å². The molecule has 1 aromatic rings. The third-order valence-corrected chi connectivity index (χ3v) is 5.46. The van der Waals surface area contributed by atoms with Gasteiger partial charge in [-0.15, -0.1) is 0 Å². The number of nitrogens with zero attached hydrogens (tertiary/aromatic N) is 3. The first-order valence-electron chi connectivity index (χ1n) is 8.28. The number of carbonyl (C=O) groups excluding carboxylic acids is 2. The Morgan fingerprint density at radius 2 is 2.04 bits per heavy atom. The summed E-state index contributed by atoms with van der Waals surface area (Å²) in [6, 6.07) is 3.40. The normalized spacial score (nSPS) is 28.7. The van der Waals surface area contributed by atoms with Crippen molar-refractivity contribution in [3.8, 4) is 5.88 Å². The van der Waals surface area contributed by atoms with Crippen molar-refractivity contribution in [1.29, 1.82) is 0 Å². The van der Waals surface area contributed by atoms with Gasteiger partial charge in [0, 0.05) is 31.9 Å². The molecule has 4 rings (SSSR count). The average Bonchev–Trinajstić information content (AvgIpc) is 2.96. The van der Waals surface area contributed by atoms with Gasteiger partial charge < -0.3 is 14.5 Å². The molecule has 3 fully saturated rings. The maximum Gasteiger partial charge on any atom is 0.256 e. The van der Waals surface area contributed by atoms with Gasteiger partial charge in [0.25, 0.3) is 5.91 Å². The van der Waals surface area contributed by atoms with E-state index in [4.69, 9.17) is 4.74 Å². The molecule has 1 saturated carbocycles. The van der Waals surface area contributed by atoms with Gasteiger partial charge in [-0.25, -0.2) is 4.98 Å². The summed E-state index contributed by atoms with van der Waals surface area (Å²) in [5.41, 5.74) is -0.0478. The van der Waals surface area contributed by atoms with Crippen LogP contribution in [0.1, 0.15) is 36.0 Å². The van der Waals surface area contributed by atoms with E-state index >= 15 is 0 Å². The third kappa shape index (κ3) is 2.11. The highest BCUT2D eigenvalue weighted by Crippen LogP contribution is 2.57. The van der Waals surface area contributed by atoms with E-state index in [2.05, 4.69) is 4.98 Å². The number of piperidine rings is 1. The Bertz CT molecular complexity index is 639. The molecule has 0 N–H and O–H groups in total. The van der Waals surface area contributed by atoms with Gasteiger partial charge in [-0.3, -0.25) is 9.59 Å². The van der Waals surface area contributed by atoms with Gasteiger partial charge in [-0.2, -0.15) is 0 Å². The third-order valence-electron chi connectivity index (χ3n) is 5.46. The second kappa shape index (κ2) is 5.22. The fraction of sp³-hybridized carbons (Fsp3) is 0.588. The van der Waals surface area contributed by atoms with E-state index in [9.17, 15) is 9.59 Å². The first kappa shape index (κ1) is 14.5. The number of amides is 2. The van der Waals surface area contributed by atoms with E-state index in [1.807, 2.05) is 4.90 Å². The lowest BCUT2D eigenvalue weighted by atomic mass is 10.1. The van der Waals surface area contributed by atoms with Gasteiger partial charge >= 0.3 is 0 Å². The molecule has 0 spiro atoms. The van der Waals surface area contributed by atoms with Crippen LogP contribution in [0.15, 0.2) is 18.3 Å². The lowest BCUT2D eigenvalue weighted by molar-refractivity contribution is -0.136. The summed E-state index contributed by atoms with van der Waals surface area (Å²) in [5, 5.41) is 0. The molecule has 3 aliphatic rings. The van der Waals surface area contributed by atoms with E-state index in [1.165, 1.54) is 6.20 Å². The summed E-state index contributed by atoms with van der Waals surface area (Å²) in [4.78, 5) is 33.7. The van der Waals surface area contributed by atoms with Crippen LogP contribution in [0, 0.1) is 5.92 Å².